The molecule has 22 heavy (non-hydrogen) atoms. The van der Waals surface area contributed by atoms with Crippen molar-refractivity contribution in [2.45, 2.75) is 13.3 Å². The van der Waals surface area contributed by atoms with Crippen molar-refractivity contribution in [1.29, 1.82) is 0 Å². The van der Waals surface area contributed by atoms with E-state index in [1.807, 2.05) is 42.2 Å². The molecule has 0 spiro atoms. The molecule has 0 N–H and O–H groups in total. The van der Waals surface area contributed by atoms with E-state index in [0.29, 0.717) is 5.69 Å². The van der Waals surface area contributed by atoms with E-state index in [1.54, 1.807) is 18.2 Å². The van der Waals surface area contributed by atoms with Crippen LogP contribution in [0.3, 0.4) is 0 Å². The van der Waals surface area contributed by atoms with Crippen LogP contribution in [-0.4, -0.2) is 23.8 Å². The Labute approximate surface area is 129 Å². The summed E-state index contributed by atoms with van der Waals surface area (Å²) in [7, 11) is 0. The Kier molecular flexibility index (Phi) is 3.87. The van der Waals surface area contributed by atoms with Crippen molar-refractivity contribution >= 4 is 17.2 Å². The van der Waals surface area contributed by atoms with Crippen LogP contribution in [0, 0.1) is 17.0 Å². The first-order valence-electron chi connectivity index (χ1n) is 7.30. The molecule has 0 saturated carbocycles. The lowest BCUT2D eigenvalue weighted by Gasteiger charge is -2.30. The molecule has 0 atom stereocenters. The normalized spacial score (nSPS) is 14.6. The Morgan fingerprint density at radius 3 is 2.64 bits per heavy atom. The zero-order chi connectivity index (χ0) is 15.5. The van der Waals surface area contributed by atoms with E-state index in [-0.39, 0.29) is 10.6 Å². The Morgan fingerprint density at radius 2 is 1.86 bits per heavy atom. The van der Waals surface area contributed by atoms with E-state index < -0.39 is 0 Å². The average molecular weight is 295 g/mol. The third kappa shape index (κ3) is 2.57. The van der Waals surface area contributed by atoms with Gasteiger partial charge in [0.15, 0.2) is 0 Å². The summed E-state index contributed by atoms with van der Waals surface area (Å²) in [6, 6.07) is 14.8. The van der Waals surface area contributed by atoms with Crippen molar-refractivity contribution in [2.75, 3.05) is 18.0 Å². The summed E-state index contributed by atoms with van der Waals surface area (Å²) in [5.41, 5.74) is 2.87. The lowest BCUT2D eigenvalue weighted by atomic mass is 10.1. The molecule has 0 amide bonds. The van der Waals surface area contributed by atoms with E-state index >= 15 is 0 Å². The highest BCUT2D eigenvalue weighted by Gasteiger charge is 2.25. The third-order valence-corrected chi connectivity index (χ3v) is 3.81. The fourth-order valence-electron chi connectivity index (χ4n) is 2.74. The minimum Gasteiger partial charge on any atom is -0.320 e. The molecule has 5 nitrogen and oxygen atoms in total. The van der Waals surface area contributed by atoms with Crippen LogP contribution in [0.2, 0.25) is 0 Å². The Bertz CT molecular complexity index is 740. The molecule has 3 rings (SSSR count). The average Bonchev–Trinajstić information content (AvgIpc) is 2.55. The van der Waals surface area contributed by atoms with E-state index in [9.17, 15) is 10.1 Å². The molecule has 1 heterocycles. The van der Waals surface area contributed by atoms with Gasteiger partial charge in [0.05, 0.1) is 4.92 Å². The number of nitro benzene ring substituents is 1. The van der Waals surface area contributed by atoms with Gasteiger partial charge in [-0.15, -0.1) is 0 Å². The first kappa shape index (κ1) is 14.3. The number of amidine groups is 1. The van der Waals surface area contributed by atoms with Crippen molar-refractivity contribution in [1.82, 2.24) is 0 Å². The van der Waals surface area contributed by atoms with Gasteiger partial charge in [0.2, 0.25) is 0 Å². The summed E-state index contributed by atoms with van der Waals surface area (Å²) >= 11 is 0. The lowest BCUT2D eigenvalue weighted by Crippen LogP contribution is -2.37. The van der Waals surface area contributed by atoms with Crippen LogP contribution in [0.4, 0.5) is 11.4 Å². The Hall–Kier alpha value is -2.69. The Morgan fingerprint density at radius 1 is 1.14 bits per heavy atom. The highest BCUT2D eigenvalue weighted by Crippen LogP contribution is 2.30. The molecule has 0 saturated heterocycles. The molecule has 2 aromatic rings. The molecule has 0 aromatic heterocycles. The second kappa shape index (κ2) is 5.97. The zero-order valence-electron chi connectivity index (χ0n) is 12.4. The number of rotatable bonds is 3. The summed E-state index contributed by atoms with van der Waals surface area (Å²) in [6.45, 7) is 3.52. The third-order valence-electron chi connectivity index (χ3n) is 3.81. The van der Waals surface area contributed by atoms with E-state index in [2.05, 4.69) is 4.99 Å². The van der Waals surface area contributed by atoms with Crippen molar-refractivity contribution in [3.8, 4) is 0 Å². The number of aryl methyl sites for hydroxylation is 1. The van der Waals surface area contributed by atoms with Crippen LogP contribution >= 0.6 is 0 Å². The number of nitrogens with zero attached hydrogens (tertiary/aromatic N) is 3. The first-order valence-corrected chi connectivity index (χ1v) is 7.30. The van der Waals surface area contributed by atoms with Gasteiger partial charge in [-0.1, -0.05) is 36.4 Å². The quantitative estimate of drug-likeness (QED) is 0.642. The molecule has 2 aromatic carbocycles. The van der Waals surface area contributed by atoms with E-state index in [1.165, 1.54) is 0 Å². The number of para-hydroxylation sites is 2. The number of aliphatic imine (C=N–C) groups is 1. The number of anilines is 1. The fraction of sp³-hybridized carbons (Fsp3) is 0.235. The second-order valence-electron chi connectivity index (χ2n) is 5.27. The largest absolute Gasteiger partial charge is 0.320 e. The predicted octanol–water partition coefficient (Wildman–Crippen LogP) is 3.56. The number of nitro groups is 1. The number of benzene rings is 2. The van der Waals surface area contributed by atoms with Crippen LogP contribution in [0.5, 0.6) is 0 Å². The van der Waals surface area contributed by atoms with Gasteiger partial charge in [0.1, 0.15) is 11.5 Å². The van der Waals surface area contributed by atoms with Gasteiger partial charge in [0.25, 0.3) is 5.69 Å². The van der Waals surface area contributed by atoms with Crippen LogP contribution in [0.1, 0.15) is 17.5 Å². The molecule has 1 aliphatic rings. The number of hydrogen-bond acceptors (Lipinski definition) is 4. The predicted molar refractivity (Wildman–Crippen MR) is 87.6 cm³/mol. The summed E-state index contributed by atoms with van der Waals surface area (Å²) in [5.74, 6) is 0.818. The summed E-state index contributed by atoms with van der Waals surface area (Å²) < 4.78 is 0. The zero-order valence-corrected chi connectivity index (χ0v) is 12.4. The summed E-state index contributed by atoms with van der Waals surface area (Å²) in [4.78, 5) is 17.6. The SMILES string of the molecule is Cc1ccccc1C1=NCCCN1c1ccccc1[N+](=O)[O-]. The van der Waals surface area contributed by atoms with E-state index in [0.717, 1.165) is 36.5 Å². The molecule has 0 radical (unpaired) electrons. The molecule has 1 aliphatic heterocycles. The smallest absolute Gasteiger partial charge is 0.292 e. The van der Waals surface area contributed by atoms with Crippen molar-refractivity contribution in [3.63, 3.8) is 0 Å². The minimum absolute atomic E-state index is 0.116. The standard InChI is InChI=1S/C17H17N3O2/c1-13-7-2-3-8-14(13)17-18-11-6-12-19(17)15-9-4-5-10-16(15)20(21)22/h2-5,7-10H,6,11-12H2,1H3. The molecule has 0 aliphatic carbocycles. The van der Waals surface area contributed by atoms with Crippen LogP contribution in [0.25, 0.3) is 0 Å². The van der Waals surface area contributed by atoms with Gasteiger partial charge in [-0.25, -0.2) is 0 Å². The van der Waals surface area contributed by atoms with Gasteiger partial charge in [-0.3, -0.25) is 15.1 Å². The molecule has 0 fully saturated rings. The second-order valence-corrected chi connectivity index (χ2v) is 5.27. The maximum atomic E-state index is 11.3. The van der Waals surface area contributed by atoms with Crippen molar-refractivity contribution < 1.29 is 4.92 Å². The van der Waals surface area contributed by atoms with Crippen LogP contribution < -0.4 is 4.90 Å². The number of hydrogen-bond donors (Lipinski definition) is 0. The Balaban J connectivity index is 2.10. The lowest BCUT2D eigenvalue weighted by molar-refractivity contribution is -0.384. The van der Waals surface area contributed by atoms with Gasteiger partial charge >= 0.3 is 0 Å². The first-order chi connectivity index (χ1) is 10.7. The van der Waals surface area contributed by atoms with Gasteiger partial charge < -0.3 is 4.90 Å². The summed E-state index contributed by atoms with van der Waals surface area (Å²) in [5, 5.41) is 11.3. The van der Waals surface area contributed by atoms with Crippen molar-refractivity contribution in [2.24, 2.45) is 4.99 Å². The maximum absolute atomic E-state index is 11.3. The minimum atomic E-state index is -0.334. The van der Waals surface area contributed by atoms with Crippen LogP contribution in [-0.2, 0) is 0 Å². The molecule has 0 bridgehead atoms. The molecule has 112 valence electrons. The monoisotopic (exact) mass is 295 g/mol. The molecular weight excluding hydrogens is 278 g/mol. The fourth-order valence-corrected chi connectivity index (χ4v) is 2.74. The highest BCUT2D eigenvalue weighted by atomic mass is 16.6. The van der Waals surface area contributed by atoms with Gasteiger partial charge in [-0.05, 0) is 25.0 Å². The maximum Gasteiger partial charge on any atom is 0.292 e. The summed E-state index contributed by atoms with van der Waals surface area (Å²) in [6.07, 6.45) is 0.890. The van der Waals surface area contributed by atoms with E-state index in [4.69, 9.17) is 0 Å². The molecule has 0 unspecified atom stereocenters. The van der Waals surface area contributed by atoms with Gasteiger partial charge in [-0.2, -0.15) is 0 Å². The topological polar surface area (TPSA) is 58.7 Å². The molecule has 5 heteroatoms. The van der Waals surface area contributed by atoms with Crippen molar-refractivity contribution in [3.05, 3.63) is 69.8 Å². The van der Waals surface area contributed by atoms with Crippen LogP contribution in [0.15, 0.2) is 53.5 Å². The molecular formula is C17H17N3O2. The van der Waals surface area contributed by atoms with Gasteiger partial charge in [0, 0.05) is 24.7 Å². The highest BCUT2D eigenvalue weighted by molar-refractivity contribution is 6.12.